The SMILES string of the molecule is Fc1cccc([C@H]2Oc3ccccc3[C@H]3CC(c4ccc5c(c4)OCCO5)=NN32)c1. The standard InChI is InChI=1S/C24H19FN2O3/c25-17-5-3-4-16(12-17)24-27-20(18-6-1-2-7-21(18)30-24)14-19(26-27)15-8-9-22-23(13-15)29-11-10-28-22/h1-9,12-13,20,24H,10-11,14H2/t20-,24-/m1/s1. The van der Waals surface area contributed by atoms with Crippen LogP contribution in [0.3, 0.4) is 0 Å². The Morgan fingerprint density at radius 3 is 2.63 bits per heavy atom. The summed E-state index contributed by atoms with van der Waals surface area (Å²) in [5.41, 5.74) is 3.76. The number of nitrogens with zero attached hydrogens (tertiary/aromatic N) is 2. The maximum atomic E-state index is 13.9. The number of hydrogen-bond acceptors (Lipinski definition) is 5. The normalized spacial score (nSPS) is 21.4. The van der Waals surface area contributed by atoms with Crippen molar-refractivity contribution in [3.8, 4) is 17.2 Å². The molecule has 6 rings (SSSR count). The van der Waals surface area contributed by atoms with Gasteiger partial charge in [0, 0.05) is 23.1 Å². The van der Waals surface area contributed by atoms with Gasteiger partial charge in [-0.3, -0.25) is 0 Å². The van der Waals surface area contributed by atoms with E-state index in [0.717, 1.165) is 46.1 Å². The van der Waals surface area contributed by atoms with E-state index in [1.54, 1.807) is 6.07 Å². The molecule has 6 heteroatoms. The fraction of sp³-hybridized carbons (Fsp3) is 0.208. The largest absolute Gasteiger partial charge is 0.486 e. The van der Waals surface area contributed by atoms with Crippen molar-refractivity contribution in [1.29, 1.82) is 0 Å². The summed E-state index contributed by atoms with van der Waals surface area (Å²) < 4.78 is 31.6. The van der Waals surface area contributed by atoms with Gasteiger partial charge in [0.05, 0.1) is 11.8 Å². The van der Waals surface area contributed by atoms with Crippen molar-refractivity contribution in [3.05, 3.63) is 89.2 Å². The minimum atomic E-state index is -0.490. The van der Waals surface area contributed by atoms with Crippen LogP contribution in [0.2, 0.25) is 0 Å². The van der Waals surface area contributed by atoms with Gasteiger partial charge in [-0.15, -0.1) is 0 Å². The Morgan fingerprint density at radius 1 is 0.867 bits per heavy atom. The molecule has 0 spiro atoms. The van der Waals surface area contributed by atoms with Crippen LogP contribution in [0.1, 0.15) is 35.4 Å². The first-order valence-electron chi connectivity index (χ1n) is 10.0. The van der Waals surface area contributed by atoms with Gasteiger partial charge in [-0.05, 0) is 36.4 Å². The van der Waals surface area contributed by atoms with Gasteiger partial charge in [0.2, 0.25) is 6.23 Å². The molecule has 3 aliphatic heterocycles. The molecule has 3 aromatic carbocycles. The summed E-state index contributed by atoms with van der Waals surface area (Å²) in [6.07, 6.45) is 0.238. The van der Waals surface area contributed by atoms with E-state index in [4.69, 9.17) is 19.3 Å². The zero-order chi connectivity index (χ0) is 20.1. The highest BCUT2D eigenvalue weighted by molar-refractivity contribution is 6.02. The summed E-state index contributed by atoms with van der Waals surface area (Å²) in [6, 6.07) is 20.4. The van der Waals surface area contributed by atoms with Crippen LogP contribution < -0.4 is 14.2 Å². The second-order valence-corrected chi connectivity index (χ2v) is 7.57. The average Bonchev–Trinajstić information content (AvgIpc) is 3.24. The van der Waals surface area contributed by atoms with Gasteiger partial charge in [-0.2, -0.15) is 5.10 Å². The van der Waals surface area contributed by atoms with Crippen LogP contribution in [0.15, 0.2) is 71.8 Å². The second kappa shape index (κ2) is 6.76. The van der Waals surface area contributed by atoms with Gasteiger partial charge in [0.15, 0.2) is 11.5 Å². The zero-order valence-electron chi connectivity index (χ0n) is 16.1. The molecule has 0 radical (unpaired) electrons. The smallest absolute Gasteiger partial charge is 0.213 e. The summed E-state index contributed by atoms with van der Waals surface area (Å²) in [6.45, 7) is 1.10. The van der Waals surface area contributed by atoms with Crippen molar-refractivity contribution >= 4 is 5.71 Å². The molecule has 0 N–H and O–H groups in total. The molecule has 3 aliphatic rings. The molecule has 0 bridgehead atoms. The van der Waals surface area contributed by atoms with Gasteiger partial charge in [-0.1, -0.05) is 30.3 Å². The second-order valence-electron chi connectivity index (χ2n) is 7.57. The first-order chi connectivity index (χ1) is 14.8. The van der Waals surface area contributed by atoms with Gasteiger partial charge < -0.3 is 14.2 Å². The van der Waals surface area contributed by atoms with Crippen LogP contribution in [0.25, 0.3) is 0 Å². The van der Waals surface area contributed by atoms with E-state index in [0.29, 0.717) is 13.2 Å². The minimum Gasteiger partial charge on any atom is -0.486 e. The van der Waals surface area contributed by atoms with Crippen molar-refractivity contribution in [2.24, 2.45) is 5.10 Å². The molecule has 150 valence electrons. The maximum absolute atomic E-state index is 13.9. The summed E-state index contributed by atoms with van der Waals surface area (Å²) in [7, 11) is 0. The number of ether oxygens (including phenoxy) is 3. The molecule has 3 aromatic rings. The summed E-state index contributed by atoms with van der Waals surface area (Å²) >= 11 is 0. The monoisotopic (exact) mass is 402 g/mol. The van der Waals surface area contributed by atoms with E-state index >= 15 is 0 Å². The molecule has 0 aromatic heterocycles. The first kappa shape index (κ1) is 17.3. The number of para-hydroxylation sites is 1. The fourth-order valence-electron chi connectivity index (χ4n) is 4.31. The average molecular weight is 402 g/mol. The summed E-state index contributed by atoms with van der Waals surface area (Å²) in [4.78, 5) is 0. The molecule has 3 heterocycles. The summed E-state index contributed by atoms with van der Waals surface area (Å²) in [5.74, 6) is 2.02. The van der Waals surface area contributed by atoms with Gasteiger partial charge in [0.1, 0.15) is 24.8 Å². The fourth-order valence-corrected chi connectivity index (χ4v) is 4.31. The minimum absolute atomic E-state index is 0.0198. The topological polar surface area (TPSA) is 43.3 Å². The Labute approximate surface area is 173 Å². The van der Waals surface area contributed by atoms with Crippen LogP contribution in [-0.2, 0) is 0 Å². The molecular weight excluding hydrogens is 383 g/mol. The lowest BCUT2D eigenvalue weighted by Crippen LogP contribution is -2.33. The highest BCUT2D eigenvalue weighted by Crippen LogP contribution is 2.47. The van der Waals surface area contributed by atoms with Gasteiger partial charge in [-0.25, -0.2) is 9.40 Å². The molecule has 0 saturated heterocycles. The highest BCUT2D eigenvalue weighted by atomic mass is 19.1. The van der Waals surface area contributed by atoms with Crippen LogP contribution in [0.5, 0.6) is 17.2 Å². The third-order valence-corrected chi connectivity index (χ3v) is 5.71. The van der Waals surface area contributed by atoms with E-state index in [-0.39, 0.29) is 11.9 Å². The number of halogens is 1. The van der Waals surface area contributed by atoms with E-state index in [1.165, 1.54) is 12.1 Å². The van der Waals surface area contributed by atoms with Gasteiger partial charge >= 0.3 is 0 Å². The molecule has 0 fully saturated rings. The molecule has 0 aliphatic carbocycles. The number of rotatable bonds is 2. The number of benzene rings is 3. The lowest BCUT2D eigenvalue weighted by atomic mass is 9.95. The Morgan fingerprint density at radius 2 is 1.73 bits per heavy atom. The van der Waals surface area contributed by atoms with Crippen molar-refractivity contribution in [3.63, 3.8) is 0 Å². The first-order valence-corrected chi connectivity index (χ1v) is 10.0. The molecule has 0 amide bonds. The van der Waals surface area contributed by atoms with E-state index in [2.05, 4.69) is 6.07 Å². The predicted octanol–water partition coefficient (Wildman–Crippen LogP) is 4.84. The molecule has 0 unspecified atom stereocenters. The van der Waals surface area contributed by atoms with Gasteiger partial charge in [0.25, 0.3) is 0 Å². The number of hydrazone groups is 1. The number of hydrogen-bond donors (Lipinski definition) is 0. The van der Waals surface area contributed by atoms with Crippen molar-refractivity contribution in [2.45, 2.75) is 18.7 Å². The molecule has 5 nitrogen and oxygen atoms in total. The summed E-state index contributed by atoms with van der Waals surface area (Å²) in [5, 5.41) is 6.87. The van der Waals surface area contributed by atoms with Crippen LogP contribution >= 0.6 is 0 Å². The molecular formula is C24H19FN2O3. The Balaban J connectivity index is 1.42. The lowest BCUT2D eigenvalue weighted by molar-refractivity contribution is -0.0192. The van der Waals surface area contributed by atoms with E-state index in [9.17, 15) is 4.39 Å². The third kappa shape index (κ3) is 2.79. The predicted molar refractivity (Wildman–Crippen MR) is 109 cm³/mol. The maximum Gasteiger partial charge on any atom is 0.213 e. The Bertz CT molecular complexity index is 1160. The van der Waals surface area contributed by atoms with E-state index < -0.39 is 6.23 Å². The quantitative estimate of drug-likeness (QED) is 0.615. The van der Waals surface area contributed by atoms with Crippen LogP contribution in [-0.4, -0.2) is 23.9 Å². The zero-order valence-corrected chi connectivity index (χ0v) is 16.1. The molecule has 0 saturated carbocycles. The Hall–Kier alpha value is -3.54. The van der Waals surface area contributed by atoms with Crippen molar-refractivity contribution in [1.82, 2.24) is 5.01 Å². The van der Waals surface area contributed by atoms with Crippen LogP contribution in [0.4, 0.5) is 4.39 Å². The van der Waals surface area contributed by atoms with Crippen LogP contribution in [0, 0.1) is 5.82 Å². The van der Waals surface area contributed by atoms with E-state index in [1.807, 2.05) is 47.5 Å². The number of fused-ring (bicyclic) bond motifs is 4. The van der Waals surface area contributed by atoms with Crippen molar-refractivity contribution < 1.29 is 18.6 Å². The third-order valence-electron chi connectivity index (χ3n) is 5.71. The molecule has 30 heavy (non-hydrogen) atoms. The Kier molecular flexibility index (Phi) is 3.91. The highest BCUT2D eigenvalue weighted by Gasteiger charge is 2.41. The van der Waals surface area contributed by atoms with Crippen molar-refractivity contribution in [2.75, 3.05) is 13.2 Å². The molecule has 2 atom stereocenters. The lowest BCUT2D eigenvalue weighted by Gasteiger charge is -2.38.